The number of amides is 1. The first-order valence-electron chi connectivity index (χ1n) is 6.37. The summed E-state index contributed by atoms with van der Waals surface area (Å²) in [4.78, 5) is 20.0. The Morgan fingerprint density at radius 2 is 2.00 bits per heavy atom. The van der Waals surface area contributed by atoms with Crippen molar-refractivity contribution in [3.8, 4) is 0 Å². The maximum absolute atomic E-state index is 11.6. The quantitative estimate of drug-likeness (QED) is 0.642. The Labute approximate surface area is 117 Å². The number of carbonyl (C=O) groups is 1. The molecule has 1 heterocycles. The Balaban J connectivity index is 2.04. The van der Waals surface area contributed by atoms with Crippen molar-refractivity contribution >= 4 is 23.2 Å². The third kappa shape index (κ3) is 3.36. The first kappa shape index (κ1) is 14.1. The van der Waals surface area contributed by atoms with Crippen LogP contribution in [-0.4, -0.2) is 28.1 Å². The number of hydrogen-bond donors (Lipinski definition) is 2. The van der Waals surface area contributed by atoms with Crippen LogP contribution in [0.3, 0.4) is 0 Å². The van der Waals surface area contributed by atoms with Crippen molar-refractivity contribution < 1.29 is 4.79 Å². The molecule has 1 amide bonds. The van der Waals surface area contributed by atoms with E-state index in [1.807, 2.05) is 32.0 Å². The van der Waals surface area contributed by atoms with Crippen LogP contribution in [0.2, 0.25) is 0 Å². The Bertz CT molecular complexity index is 638. The molecule has 6 heteroatoms. The molecule has 0 unspecified atom stereocenters. The molecular formula is C14H17N5O. The lowest BCUT2D eigenvalue weighted by atomic mass is 10.1. The SMILES string of the molecule is CC(C)[C@@H](N)C(=O)N/N=C/c1ccc2nccnc2c1. The minimum Gasteiger partial charge on any atom is -0.320 e. The van der Waals surface area contributed by atoms with Crippen molar-refractivity contribution in [2.45, 2.75) is 19.9 Å². The van der Waals surface area contributed by atoms with Crippen LogP contribution in [0.5, 0.6) is 0 Å². The number of fused-ring (bicyclic) bond motifs is 1. The molecule has 20 heavy (non-hydrogen) atoms. The summed E-state index contributed by atoms with van der Waals surface area (Å²) in [6.07, 6.45) is 4.83. The Morgan fingerprint density at radius 1 is 1.30 bits per heavy atom. The van der Waals surface area contributed by atoms with Crippen molar-refractivity contribution in [3.63, 3.8) is 0 Å². The van der Waals surface area contributed by atoms with Crippen LogP contribution in [0.25, 0.3) is 11.0 Å². The summed E-state index contributed by atoms with van der Waals surface area (Å²) in [5.41, 5.74) is 10.6. The standard InChI is InChI=1S/C14H17N5O/c1-9(2)13(15)14(20)19-18-8-10-3-4-11-12(7-10)17-6-5-16-11/h3-9,13H,15H2,1-2H3,(H,19,20)/b18-8+/t13-/m1/s1. The zero-order valence-corrected chi connectivity index (χ0v) is 11.4. The number of aromatic nitrogens is 2. The number of hydrogen-bond acceptors (Lipinski definition) is 5. The summed E-state index contributed by atoms with van der Waals surface area (Å²) in [7, 11) is 0. The highest BCUT2D eigenvalue weighted by Crippen LogP contribution is 2.09. The first-order chi connectivity index (χ1) is 9.58. The highest BCUT2D eigenvalue weighted by Gasteiger charge is 2.15. The van der Waals surface area contributed by atoms with Crippen LogP contribution in [0.15, 0.2) is 35.7 Å². The monoisotopic (exact) mass is 271 g/mol. The van der Waals surface area contributed by atoms with Gasteiger partial charge in [-0.15, -0.1) is 0 Å². The summed E-state index contributed by atoms with van der Waals surface area (Å²) in [6, 6.07) is 5.00. The number of nitrogens with one attached hydrogen (secondary N) is 1. The van der Waals surface area contributed by atoms with Gasteiger partial charge in [-0.05, 0) is 23.6 Å². The fourth-order valence-electron chi connectivity index (χ4n) is 1.61. The number of benzene rings is 1. The number of hydrazone groups is 1. The topological polar surface area (TPSA) is 93.3 Å². The molecule has 0 saturated carbocycles. The molecule has 6 nitrogen and oxygen atoms in total. The van der Waals surface area contributed by atoms with Crippen LogP contribution in [0.4, 0.5) is 0 Å². The molecule has 1 aromatic carbocycles. The predicted molar refractivity (Wildman–Crippen MR) is 78.1 cm³/mol. The van der Waals surface area contributed by atoms with E-state index in [1.165, 1.54) is 0 Å². The summed E-state index contributed by atoms with van der Waals surface area (Å²) >= 11 is 0. The van der Waals surface area contributed by atoms with Crippen LogP contribution >= 0.6 is 0 Å². The molecular weight excluding hydrogens is 254 g/mol. The van der Waals surface area contributed by atoms with Gasteiger partial charge in [0.15, 0.2) is 0 Å². The molecule has 0 saturated heterocycles. The second-order valence-corrected chi connectivity index (χ2v) is 4.81. The third-order valence-corrected chi connectivity index (χ3v) is 2.90. The van der Waals surface area contributed by atoms with Gasteiger partial charge < -0.3 is 5.73 Å². The lowest BCUT2D eigenvalue weighted by Crippen LogP contribution is -2.42. The fourth-order valence-corrected chi connectivity index (χ4v) is 1.61. The molecule has 3 N–H and O–H groups in total. The highest BCUT2D eigenvalue weighted by atomic mass is 16.2. The summed E-state index contributed by atoms with van der Waals surface area (Å²) < 4.78 is 0. The van der Waals surface area contributed by atoms with Gasteiger partial charge in [-0.3, -0.25) is 14.8 Å². The van der Waals surface area contributed by atoms with Gasteiger partial charge in [0.05, 0.1) is 23.3 Å². The van der Waals surface area contributed by atoms with E-state index < -0.39 is 6.04 Å². The van der Waals surface area contributed by atoms with E-state index in [4.69, 9.17) is 5.73 Å². The van der Waals surface area contributed by atoms with Crippen molar-refractivity contribution in [3.05, 3.63) is 36.2 Å². The van der Waals surface area contributed by atoms with E-state index in [1.54, 1.807) is 18.6 Å². The lowest BCUT2D eigenvalue weighted by molar-refractivity contribution is -0.123. The van der Waals surface area contributed by atoms with Crippen molar-refractivity contribution in [1.82, 2.24) is 15.4 Å². The molecule has 1 atom stereocenters. The molecule has 2 rings (SSSR count). The predicted octanol–water partition coefficient (Wildman–Crippen LogP) is 1.06. The van der Waals surface area contributed by atoms with E-state index in [-0.39, 0.29) is 11.8 Å². The molecule has 0 fully saturated rings. The van der Waals surface area contributed by atoms with E-state index in [9.17, 15) is 4.79 Å². The zero-order valence-electron chi connectivity index (χ0n) is 11.4. The van der Waals surface area contributed by atoms with Crippen molar-refractivity contribution in [2.24, 2.45) is 16.8 Å². The van der Waals surface area contributed by atoms with Crippen molar-refractivity contribution in [1.29, 1.82) is 0 Å². The average Bonchev–Trinajstić information content (AvgIpc) is 2.46. The minimum atomic E-state index is -0.561. The Morgan fingerprint density at radius 3 is 2.70 bits per heavy atom. The lowest BCUT2D eigenvalue weighted by Gasteiger charge is -2.12. The maximum Gasteiger partial charge on any atom is 0.257 e. The van der Waals surface area contributed by atoms with Gasteiger partial charge in [0, 0.05) is 12.4 Å². The molecule has 0 spiro atoms. The molecule has 0 aliphatic rings. The smallest absolute Gasteiger partial charge is 0.257 e. The van der Waals surface area contributed by atoms with Gasteiger partial charge >= 0.3 is 0 Å². The highest BCUT2D eigenvalue weighted by molar-refractivity contribution is 5.88. The normalized spacial score (nSPS) is 13.0. The number of nitrogens with two attached hydrogens (primary N) is 1. The van der Waals surface area contributed by atoms with Crippen LogP contribution in [-0.2, 0) is 4.79 Å². The Hall–Kier alpha value is -2.34. The summed E-state index contributed by atoms with van der Waals surface area (Å²) in [6.45, 7) is 3.77. The molecule has 0 aliphatic heterocycles. The number of nitrogens with zero attached hydrogens (tertiary/aromatic N) is 3. The molecule has 2 aromatic rings. The third-order valence-electron chi connectivity index (χ3n) is 2.90. The average molecular weight is 271 g/mol. The Kier molecular flexibility index (Phi) is 4.37. The van der Waals surface area contributed by atoms with E-state index >= 15 is 0 Å². The van der Waals surface area contributed by atoms with E-state index in [0.717, 1.165) is 16.6 Å². The van der Waals surface area contributed by atoms with E-state index in [0.29, 0.717) is 0 Å². The molecule has 1 aromatic heterocycles. The van der Waals surface area contributed by atoms with Gasteiger partial charge in [0.1, 0.15) is 0 Å². The second kappa shape index (κ2) is 6.21. The summed E-state index contributed by atoms with van der Waals surface area (Å²) in [5, 5.41) is 3.90. The van der Waals surface area contributed by atoms with Crippen LogP contribution in [0.1, 0.15) is 19.4 Å². The molecule has 0 radical (unpaired) electrons. The van der Waals surface area contributed by atoms with Gasteiger partial charge in [0.25, 0.3) is 5.91 Å². The second-order valence-electron chi connectivity index (χ2n) is 4.81. The zero-order chi connectivity index (χ0) is 14.5. The van der Waals surface area contributed by atoms with Gasteiger partial charge in [-0.1, -0.05) is 19.9 Å². The van der Waals surface area contributed by atoms with Crippen molar-refractivity contribution in [2.75, 3.05) is 0 Å². The number of carbonyl (C=O) groups excluding carboxylic acids is 1. The van der Waals surface area contributed by atoms with Crippen LogP contribution < -0.4 is 11.2 Å². The molecule has 104 valence electrons. The van der Waals surface area contributed by atoms with Crippen LogP contribution in [0, 0.1) is 5.92 Å². The van der Waals surface area contributed by atoms with Gasteiger partial charge in [0.2, 0.25) is 0 Å². The molecule has 0 aliphatic carbocycles. The first-order valence-corrected chi connectivity index (χ1v) is 6.37. The fraction of sp³-hybridized carbons (Fsp3) is 0.286. The van der Waals surface area contributed by atoms with E-state index in [2.05, 4.69) is 20.5 Å². The molecule has 0 bridgehead atoms. The largest absolute Gasteiger partial charge is 0.320 e. The maximum atomic E-state index is 11.6. The minimum absolute atomic E-state index is 0.0705. The number of rotatable bonds is 4. The van der Waals surface area contributed by atoms with Gasteiger partial charge in [-0.2, -0.15) is 5.10 Å². The summed E-state index contributed by atoms with van der Waals surface area (Å²) in [5.74, 6) is -0.224. The van der Waals surface area contributed by atoms with Gasteiger partial charge in [-0.25, -0.2) is 5.43 Å².